The van der Waals surface area contributed by atoms with Crippen molar-refractivity contribution < 1.29 is 80.9 Å². The van der Waals surface area contributed by atoms with Gasteiger partial charge in [0, 0.05) is 41.6 Å². The van der Waals surface area contributed by atoms with E-state index in [1.165, 1.54) is 28.3 Å². The Morgan fingerprint density at radius 2 is 0.989 bits per heavy atom. The zero-order valence-corrected chi connectivity index (χ0v) is 59.6. The molecule has 0 spiro atoms. The fourth-order valence-corrected chi connectivity index (χ4v) is 17.3. The average molecular weight is 1430 g/mol. The Morgan fingerprint density at radius 1 is 0.596 bits per heavy atom. The minimum atomic E-state index is -2.67. The molecule has 7 aromatic heterocycles. The van der Waals surface area contributed by atoms with Crippen molar-refractivity contribution in [2.24, 2.45) is 0 Å². The number of amides is 2. The van der Waals surface area contributed by atoms with Crippen molar-refractivity contribution in [1.29, 1.82) is 0 Å². The molecule has 0 atom stereocenters. The van der Waals surface area contributed by atoms with Crippen molar-refractivity contribution in [3.8, 4) is 0 Å². The van der Waals surface area contributed by atoms with Crippen LogP contribution in [0.15, 0.2) is 200 Å². The third kappa shape index (κ3) is 21.6. The number of nitrogens with zero attached hydrogens (tertiary/aromatic N) is 7. The predicted octanol–water partition coefficient (Wildman–Crippen LogP) is 8.29. The fraction of sp³-hybridized carbons (Fsp3) is 0.206. The summed E-state index contributed by atoms with van der Waals surface area (Å²) in [5.74, 6) is -0.249. The van der Waals surface area contributed by atoms with Gasteiger partial charge in [-0.3, -0.25) is 38.1 Å². The second kappa shape index (κ2) is 34.5. The average Bonchev–Trinajstić information content (AvgIpc) is 1.19. The van der Waals surface area contributed by atoms with E-state index >= 15 is 0 Å². The zero-order valence-electron chi connectivity index (χ0n) is 50.9. The molecule has 15 nitrogen and oxygen atoms in total. The number of aldehydes is 1. The number of fused-ring (bicyclic) bond motifs is 2. The number of alkyl halides is 1. The first kappa shape index (κ1) is 72.1. The molecule has 454 valence electrons. The molecular weight excluding hydrogens is 1360 g/mol. The van der Waals surface area contributed by atoms with Crippen molar-refractivity contribution >= 4 is 129 Å². The van der Waals surface area contributed by atoms with E-state index in [4.69, 9.17) is 10.0 Å². The molecule has 0 aliphatic heterocycles. The largest absolute Gasteiger partial charge is 1.00 e. The van der Waals surface area contributed by atoms with Crippen LogP contribution < -0.4 is 88.5 Å². The molecule has 3 aromatic carbocycles. The van der Waals surface area contributed by atoms with Crippen molar-refractivity contribution in [3.63, 3.8) is 0 Å². The van der Waals surface area contributed by atoms with Crippen LogP contribution in [0.5, 0.6) is 0 Å². The van der Waals surface area contributed by atoms with Gasteiger partial charge in [0.25, 0.3) is 11.8 Å². The van der Waals surface area contributed by atoms with E-state index in [9.17, 15) is 19.5 Å². The first-order valence-corrected chi connectivity index (χ1v) is 35.0. The summed E-state index contributed by atoms with van der Waals surface area (Å²) in [4.78, 5) is 57.2. The fourth-order valence-electron chi connectivity index (χ4n) is 8.62. The number of imidazole rings is 2. The molecule has 0 radical (unpaired) electrons. The van der Waals surface area contributed by atoms with Crippen LogP contribution in [0.3, 0.4) is 0 Å². The number of hydrogen-bond acceptors (Lipinski definition) is 11. The molecule has 10 aromatic rings. The monoisotopic (exact) mass is 1430 g/mol. The van der Waals surface area contributed by atoms with Gasteiger partial charge >= 0.3 is 207 Å². The summed E-state index contributed by atoms with van der Waals surface area (Å²) < 4.78 is 3.40. The van der Waals surface area contributed by atoms with E-state index in [-0.39, 0.29) is 69.2 Å². The molecule has 7 heterocycles. The van der Waals surface area contributed by atoms with Gasteiger partial charge in [-0.25, -0.2) is 9.97 Å². The second-order valence-corrected chi connectivity index (χ2v) is 32.7. The number of hydrogen-bond donors (Lipinski definition) is 4. The van der Waals surface area contributed by atoms with Gasteiger partial charge in [0.15, 0.2) is 6.29 Å². The maximum absolute atomic E-state index is 12.3. The maximum atomic E-state index is 12.3. The molecule has 2 fully saturated rings. The summed E-state index contributed by atoms with van der Waals surface area (Å²) in [6, 6.07) is 57.2. The molecule has 21 heteroatoms. The Morgan fingerprint density at radius 3 is 1.36 bits per heavy atom. The molecule has 2 aliphatic carbocycles. The number of halogens is 3. The molecule has 2 saturated carbocycles. The molecular formula is C68H71BBr3KN9O6P. The number of pyridine rings is 5. The summed E-state index contributed by atoms with van der Waals surface area (Å²) >= 11 is 11.3. The Bertz CT molecular complexity index is 3870. The van der Waals surface area contributed by atoms with Gasteiger partial charge in [-0.1, -0.05) is 67.0 Å². The number of carbonyl (C=O) groups excluding carboxylic acids is 3. The van der Waals surface area contributed by atoms with E-state index in [1.807, 2.05) is 110 Å². The van der Waals surface area contributed by atoms with Crippen molar-refractivity contribution in [2.75, 3.05) is 5.07 Å². The summed E-state index contributed by atoms with van der Waals surface area (Å²) in [5, 5.41) is 36.4. The minimum absolute atomic E-state index is 0. The summed E-state index contributed by atoms with van der Waals surface area (Å²) in [6.07, 6.45) is 17.3. The summed E-state index contributed by atoms with van der Waals surface area (Å²) in [5.41, 5.74) is 8.19. The molecule has 0 bridgehead atoms. The predicted molar refractivity (Wildman–Crippen MR) is 368 cm³/mol. The second-order valence-electron chi connectivity index (χ2n) is 21.8. The van der Waals surface area contributed by atoms with E-state index in [2.05, 4.69) is 174 Å². The van der Waals surface area contributed by atoms with E-state index in [0.29, 0.717) is 34.2 Å². The van der Waals surface area contributed by atoms with Gasteiger partial charge in [0.1, 0.15) is 28.4 Å². The van der Waals surface area contributed by atoms with Crippen LogP contribution in [-0.2, 0) is 0 Å². The third-order valence-electron chi connectivity index (χ3n) is 13.3. The van der Waals surface area contributed by atoms with Gasteiger partial charge in [0.05, 0.1) is 23.8 Å². The SMILES string of the molecule is BrCP(Br)(c1ccccc1)(c1ccccc1)c1ccccc1.CC(C)(C)[O-].Cc1cccc(/C=C\Br)n1.Cc1cccc(/C=C\c2ccc3ncc(C(=O)NC4CC4)n3c2)n1.Cc1cccc(C=O)n1.O=C(NC1CC1)c1cnc2ccc(B(O)O)cn12.[K+]. The van der Waals surface area contributed by atoms with Crippen molar-refractivity contribution in [1.82, 2.24) is 44.4 Å². The van der Waals surface area contributed by atoms with Gasteiger partial charge in [-0.05, 0) is 129 Å². The quantitative estimate of drug-likeness (QED) is 0.0373. The summed E-state index contributed by atoms with van der Waals surface area (Å²) in [6.45, 7) is 10.7. The molecule has 2 amide bonds. The van der Waals surface area contributed by atoms with Crippen LogP contribution in [0.2, 0.25) is 0 Å². The molecule has 12 rings (SSSR count). The maximum Gasteiger partial charge on any atom is 1.00 e. The first-order chi connectivity index (χ1) is 42.2. The van der Waals surface area contributed by atoms with Crippen LogP contribution in [0.4, 0.5) is 0 Å². The van der Waals surface area contributed by atoms with Crippen LogP contribution >= 0.6 is 52.7 Å². The van der Waals surface area contributed by atoms with Crippen molar-refractivity contribution in [3.05, 3.63) is 251 Å². The number of rotatable bonds is 13. The van der Waals surface area contributed by atoms with E-state index in [0.717, 1.165) is 76.7 Å². The Hall–Kier alpha value is -5.97. The topological polar surface area (TPSA) is 212 Å². The first-order valence-electron chi connectivity index (χ1n) is 28.5. The third-order valence-corrected chi connectivity index (χ3v) is 27.6. The van der Waals surface area contributed by atoms with E-state index in [1.54, 1.807) is 54.6 Å². The van der Waals surface area contributed by atoms with Gasteiger partial charge in [-0.15, -0.1) is 5.60 Å². The van der Waals surface area contributed by atoms with Crippen LogP contribution in [0.25, 0.3) is 29.5 Å². The number of carbonyl (C=O) groups is 3. The smallest absolute Gasteiger partial charge is 0.850 e. The number of nitrogens with one attached hydrogen (secondary N) is 2. The Kier molecular flexibility index (Phi) is 27.9. The minimum Gasteiger partial charge on any atom is -0.850 e. The standard InChI is InChI=1S/C19H17Br2P.C19H18N4O.C11H12BN3O3.C8H8BrN.C7H7NO.C4H9O.K/c20-16-22(21,17-10-4-1-5-11-17,18-12-6-2-7-13-18)19-14-8-3-9-15-19;1-13-3-2-4-15(21-13)7-5-14-6-10-18-20-11-17(23(18)12-14)19(24)22-16-8-9-16;16-11(14-8-2-3-8)9-5-13-10-4-1-7(12(17)18)6-15(9)10;1-7-3-2-4-8(10-7)5-6-9;1-6-3-2-4-7(5-9)8-6;1-4(2,3)5;/h1-15H,16H2;2-7,10-12,16H,8-9H2,1H3,(H,22,24);1,4-6,8,17-18H,2-3H2,(H,14,16);2-6H,1H3;2-5H,1H3;1-3H3;/q;;;;;-1;+1/b;7-5-;;6-5-;;;. The Balaban J connectivity index is 0.000000180. The van der Waals surface area contributed by atoms with Crippen LogP contribution in [0.1, 0.15) is 112 Å². The van der Waals surface area contributed by atoms with Crippen LogP contribution in [-0.4, -0.2) is 91.7 Å². The summed E-state index contributed by atoms with van der Waals surface area (Å²) in [7, 11) is -1.56. The van der Waals surface area contributed by atoms with Crippen LogP contribution in [0, 0.1) is 20.8 Å². The molecule has 4 N–H and O–H groups in total. The van der Waals surface area contributed by atoms with E-state index < -0.39 is 18.0 Å². The Labute approximate surface area is 588 Å². The molecule has 0 saturated heterocycles. The zero-order chi connectivity index (χ0) is 63.3. The number of aryl methyl sites for hydroxylation is 3. The normalized spacial score (nSPS) is 12.9. The number of aromatic nitrogens is 7. The number of benzene rings is 3. The van der Waals surface area contributed by atoms with Crippen molar-refractivity contribution in [2.45, 2.75) is 84.9 Å². The molecule has 89 heavy (non-hydrogen) atoms. The molecule has 0 unspecified atom stereocenters. The van der Waals surface area contributed by atoms with Gasteiger partial charge in [0.2, 0.25) is 0 Å². The van der Waals surface area contributed by atoms with Gasteiger partial charge in [-0.2, -0.15) is 0 Å². The van der Waals surface area contributed by atoms with Gasteiger partial charge < -0.3 is 25.8 Å². The molecule has 2 aliphatic rings.